The maximum absolute atomic E-state index is 12.2. The zero-order valence-corrected chi connectivity index (χ0v) is 37.4. The summed E-state index contributed by atoms with van der Waals surface area (Å²) in [6, 6.07) is -0.719. The number of carbonyl (C=O) groups excluding carboxylic acids is 3. The number of hydrogen-bond acceptors (Lipinski definition) is 12. The summed E-state index contributed by atoms with van der Waals surface area (Å²) in [7, 11) is 0. The first-order chi connectivity index (χ1) is 28.7. The van der Waals surface area contributed by atoms with E-state index in [9.17, 15) is 24.3 Å². The number of carboxylic acid groups (broad SMARTS) is 1. The fraction of sp³-hybridized carbons (Fsp3) is 0.909. The van der Waals surface area contributed by atoms with Gasteiger partial charge < -0.3 is 54.8 Å². The van der Waals surface area contributed by atoms with Crippen LogP contribution in [0, 0.1) is 5.92 Å². The summed E-state index contributed by atoms with van der Waals surface area (Å²) < 4.78 is 32.2. The average Bonchev–Trinajstić information content (AvgIpc) is 3.20. The lowest BCUT2D eigenvalue weighted by Crippen LogP contribution is -2.38. The molecule has 0 saturated carbocycles. The molecule has 0 aliphatic heterocycles. The normalized spacial score (nSPS) is 11.9. The minimum atomic E-state index is -0.918. The fourth-order valence-electron chi connectivity index (χ4n) is 6.06. The Morgan fingerprint density at radius 3 is 1.32 bits per heavy atom. The summed E-state index contributed by atoms with van der Waals surface area (Å²) in [6.07, 6.45) is 21.4. The number of ether oxygens (including phenoxy) is 6. The van der Waals surface area contributed by atoms with Gasteiger partial charge in [-0.05, 0) is 32.2 Å². The quantitative estimate of drug-likeness (QED) is 0.0502. The molecule has 348 valence electrons. The zero-order valence-electron chi connectivity index (χ0n) is 37.4. The highest BCUT2D eigenvalue weighted by atomic mass is 16.5. The molecule has 2 amide bonds. The Morgan fingerprint density at radius 1 is 0.458 bits per heavy atom. The summed E-state index contributed by atoms with van der Waals surface area (Å²) in [5.74, 6) is -0.519. The number of aliphatic carboxylic acids is 1. The van der Waals surface area contributed by atoms with Gasteiger partial charge in [-0.3, -0.25) is 19.2 Å². The predicted octanol–water partition coefficient (Wildman–Crippen LogP) is 5.22. The van der Waals surface area contributed by atoms with E-state index in [0.717, 1.165) is 18.8 Å². The number of unbranched alkanes of at least 4 members (excludes halogenated alkanes) is 14. The molecule has 0 aromatic carbocycles. The van der Waals surface area contributed by atoms with Gasteiger partial charge in [-0.25, -0.2) is 0 Å². The van der Waals surface area contributed by atoms with Crippen LogP contribution >= 0.6 is 0 Å². The van der Waals surface area contributed by atoms with Gasteiger partial charge in [-0.15, -0.1) is 0 Å². The third kappa shape index (κ3) is 46.7. The highest BCUT2D eigenvalue weighted by molar-refractivity contribution is 5.78. The Hall–Kier alpha value is -2.24. The lowest BCUT2D eigenvalue weighted by Gasteiger charge is -2.14. The van der Waals surface area contributed by atoms with E-state index in [-0.39, 0.29) is 43.7 Å². The standard InChI is InChI=1S/C44H86N4O11/c1-39(2)19-17-15-13-11-9-7-5-4-6-8-10-12-14-16-18-22-46-41(44(52)53)20-21-42(50)47-25-29-56-32-31-54-27-23-45-24-28-55-34-36-59-38-43(51)48-26-30-57-33-35-58-37-40(3)49/h39,41,45-46H,4-38H2,1-3H3,(H,47,50)(H,48,51)(H,52,53). The maximum Gasteiger partial charge on any atom is 0.320 e. The molecule has 0 heterocycles. The third-order valence-corrected chi connectivity index (χ3v) is 9.45. The molecule has 59 heavy (non-hydrogen) atoms. The first kappa shape index (κ1) is 56.8. The van der Waals surface area contributed by atoms with Crippen molar-refractivity contribution in [2.75, 3.05) is 112 Å². The predicted molar refractivity (Wildman–Crippen MR) is 232 cm³/mol. The second-order valence-electron chi connectivity index (χ2n) is 15.6. The second-order valence-corrected chi connectivity index (χ2v) is 15.6. The van der Waals surface area contributed by atoms with Gasteiger partial charge in [0.15, 0.2) is 5.78 Å². The topological polar surface area (TPSA) is 192 Å². The van der Waals surface area contributed by atoms with E-state index in [0.29, 0.717) is 98.8 Å². The Bertz CT molecular complexity index is 977. The average molecular weight is 847 g/mol. The van der Waals surface area contributed by atoms with Crippen LogP contribution in [0.5, 0.6) is 0 Å². The molecule has 15 heteroatoms. The number of rotatable bonds is 48. The second kappa shape index (κ2) is 45.3. The van der Waals surface area contributed by atoms with Gasteiger partial charge in [0, 0.05) is 32.6 Å². The lowest BCUT2D eigenvalue weighted by atomic mass is 10.0. The molecule has 0 aromatic rings. The summed E-state index contributed by atoms with van der Waals surface area (Å²) in [4.78, 5) is 46.4. The van der Waals surface area contributed by atoms with Gasteiger partial charge in [0.05, 0.1) is 66.1 Å². The van der Waals surface area contributed by atoms with Crippen LogP contribution in [0.1, 0.15) is 136 Å². The largest absolute Gasteiger partial charge is 0.480 e. The number of nitrogens with one attached hydrogen (secondary N) is 4. The number of carboxylic acids is 1. The number of hydrogen-bond donors (Lipinski definition) is 5. The molecular weight excluding hydrogens is 761 g/mol. The molecule has 15 nitrogen and oxygen atoms in total. The van der Waals surface area contributed by atoms with Gasteiger partial charge in [-0.1, -0.05) is 110 Å². The van der Waals surface area contributed by atoms with Crippen molar-refractivity contribution < 1.29 is 52.7 Å². The molecule has 1 atom stereocenters. The Labute approximate surface area is 357 Å². The van der Waals surface area contributed by atoms with E-state index in [4.69, 9.17) is 28.4 Å². The highest BCUT2D eigenvalue weighted by Gasteiger charge is 2.17. The van der Waals surface area contributed by atoms with Crippen LogP contribution in [0.3, 0.4) is 0 Å². The number of ketones is 1. The molecule has 0 bridgehead atoms. The summed E-state index contributed by atoms with van der Waals surface area (Å²) in [6.45, 7) is 12.8. The van der Waals surface area contributed by atoms with Crippen molar-refractivity contribution in [3.05, 3.63) is 0 Å². The lowest BCUT2D eigenvalue weighted by molar-refractivity contribution is -0.139. The van der Waals surface area contributed by atoms with Crippen molar-refractivity contribution >= 4 is 23.6 Å². The van der Waals surface area contributed by atoms with Crippen LogP contribution < -0.4 is 21.3 Å². The minimum Gasteiger partial charge on any atom is -0.480 e. The van der Waals surface area contributed by atoms with Crippen molar-refractivity contribution in [2.45, 2.75) is 142 Å². The summed E-state index contributed by atoms with van der Waals surface area (Å²) >= 11 is 0. The number of Topliss-reactive ketones (excluding diaryl/α,β-unsaturated/α-hetero) is 1. The van der Waals surface area contributed by atoms with Crippen molar-refractivity contribution in [1.82, 2.24) is 21.3 Å². The van der Waals surface area contributed by atoms with Crippen molar-refractivity contribution in [3.63, 3.8) is 0 Å². The van der Waals surface area contributed by atoms with E-state index in [1.807, 2.05) is 0 Å². The highest BCUT2D eigenvalue weighted by Crippen LogP contribution is 2.15. The van der Waals surface area contributed by atoms with Crippen LogP contribution in [0.4, 0.5) is 0 Å². The van der Waals surface area contributed by atoms with Crippen LogP contribution in [-0.4, -0.2) is 147 Å². The molecule has 1 unspecified atom stereocenters. The number of carbonyl (C=O) groups is 4. The van der Waals surface area contributed by atoms with Crippen LogP contribution in [-0.2, 0) is 47.6 Å². The van der Waals surface area contributed by atoms with Crippen LogP contribution in [0.2, 0.25) is 0 Å². The molecule has 0 spiro atoms. The minimum absolute atomic E-state index is 0.0333. The Kier molecular flexibility index (Phi) is 43.6. The first-order valence-electron chi connectivity index (χ1n) is 22.9. The van der Waals surface area contributed by atoms with Gasteiger partial charge >= 0.3 is 5.97 Å². The monoisotopic (exact) mass is 847 g/mol. The SMILES string of the molecule is CC(=O)COCCOCCNC(=O)COCCOCCNCCOCCOCCNC(=O)CCC(NCCCCCCCCCCCCCCCCCC(C)C)C(=O)O. The molecule has 0 aromatic heterocycles. The third-order valence-electron chi connectivity index (χ3n) is 9.45. The van der Waals surface area contributed by atoms with Crippen LogP contribution in [0.15, 0.2) is 0 Å². The molecule has 0 aliphatic carbocycles. The maximum atomic E-state index is 12.2. The van der Waals surface area contributed by atoms with Crippen LogP contribution in [0.25, 0.3) is 0 Å². The fourth-order valence-corrected chi connectivity index (χ4v) is 6.06. The van der Waals surface area contributed by atoms with Gasteiger partial charge in [0.25, 0.3) is 0 Å². The van der Waals surface area contributed by atoms with Gasteiger partial charge in [0.2, 0.25) is 11.8 Å². The van der Waals surface area contributed by atoms with E-state index >= 15 is 0 Å². The van der Waals surface area contributed by atoms with E-state index in [1.165, 1.54) is 96.8 Å². The molecule has 0 aliphatic rings. The van der Waals surface area contributed by atoms with E-state index in [1.54, 1.807) is 0 Å². The molecule has 0 fully saturated rings. The molecule has 5 N–H and O–H groups in total. The smallest absolute Gasteiger partial charge is 0.320 e. The zero-order chi connectivity index (χ0) is 43.3. The Balaban J connectivity index is 3.45. The van der Waals surface area contributed by atoms with E-state index < -0.39 is 12.0 Å². The van der Waals surface area contributed by atoms with Crippen molar-refractivity contribution in [1.29, 1.82) is 0 Å². The molecule has 0 rings (SSSR count). The van der Waals surface area contributed by atoms with Gasteiger partial charge in [-0.2, -0.15) is 0 Å². The van der Waals surface area contributed by atoms with Gasteiger partial charge in [0.1, 0.15) is 19.3 Å². The summed E-state index contributed by atoms with van der Waals surface area (Å²) in [5.41, 5.74) is 0. The number of amides is 2. The molecular formula is C44H86N4O11. The Morgan fingerprint density at radius 2 is 0.864 bits per heavy atom. The molecule has 0 radical (unpaired) electrons. The van der Waals surface area contributed by atoms with Crippen molar-refractivity contribution in [3.8, 4) is 0 Å². The van der Waals surface area contributed by atoms with Crippen molar-refractivity contribution in [2.24, 2.45) is 5.92 Å². The first-order valence-corrected chi connectivity index (χ1v) is 22.9. The summed E-state index contributed by atoms with van der Waals surface area (Å²) in [5, 5.41) is 21.4. The molecule has 0 saturated heterocycles. The van der Waals surface area contributed by atoms with E-state index in [2.05, 4.69) is 35.1 Å².